The topological polar surface area (TPSA) is 51.8 Å². The number of para-hydroxylation sites is 1. The van der Waals surface area contributed by atoms with E-state index in [0.717, 1.165) is 55.1 Å². The second kappa shape index (κ2) is 13.3. The van der Waals surface area contributed by atoms with Crippen LogP contribution >= 0.6 is 11.3 Å². The fourth-order valence-corrected chi connectivity index (χ4v) is 8.88. The van der Waals surface area contributed by atoms with Crippen molar-refractivity contribution in [2.45, 2.75) is 0 Å². The van der Waals surface area contributed by atoms with Crippen molar-refractivity contribution in [1.82, 2.24) is 15.0 Å². The van der Waals surface area contributed by atoms with Gasteiger partial charge in [0.15, 0.2) is 17.5 Å². The van der Waals surface area contributed by atoms with Crippen molar-refractivity contribution in [1.29, 1.82) is 0 Å². The van der Waals surface area contributed by atoms with Crippen molar-refractivity contribution in [3.05, 3.63) is 188 Å². The van der Waals surface area contributed by atoms with Crippen LogP contribution in [0.25, 0.3) is 110 Å². The summed E-state index contributed by atoms with van der Waals surface area (Å²) >= 11 is 1.80. The molecule has 0 bridgehead atoms. The van der Waals surface area contributed by atoms with Crippen LogP contribution in [-0.4, -0.2) is 15.0 Å². The zero-order valence-electron chi connectivity index (χ0n) is 30.1. The molecule has 11 rings (SSSR count). The van der Waals surface area contributed by atoms with Crippen LogP contribution in [0.2, 0.25) is 0 Å². The van der Waals surface area contributed by atoms with Crippen LogP contribution < -0.4 is 0 Å². The third-order valence-corrected chi connectivity index (χ3v) is 11.7. The number of furan rings is 1. The lowest BCUT2D eigenvalue weighted by atomic mass is 9.98. The van der Waals surface area contributed by atoms with Crippen LogP contribution in [0.4, 0.5) is 0 Å². The van der Waals surface area contributed by atoms with Gasteiger partial charge in [-0.1, -0.05) is 146 Å². The molecular formula is C51H31N3OS. The fourth-order valence-electron chi connectivity index (χ4n) is 7.76. The minimum Gasteiger partial charge on any atom is -0.456 e. The Morgan fingerprint density at radius 1 is 0.321 bits per heavy atom. The zero-order chi connectivity index (χ0) is 37.0. The molecule has 0 fully saturated rings. The van der Waals surface area contributed by atoms with Gasteiger partial charge in [0.25, 0.3) is 0 Å². The first-order valence-corrected chi connectivity index (χ1v) is 19.5. The van der Waals surface area contributed by atoms with Crippen molar-refractivity contribution in [3.63, 3.8) is 0 Å². The van der Waals surface area contributed by atoms with Crippen molar-refractivity contribution in [2.24, 2.45) is 0 Å². The summed E-state index contributed by atoms with van der Waals surface area (Å²) < 4.78 is 8.54. The number of nitrogens with zero attached hydrogens (tertiary/aromatic N) is 3. The van der Waals surface area contributed by atoms with Gasteiger partial charge in [-0.2, -0.15) is 0 Å². The molecular weight excluding hydrogens is 703 g/mol. The third kappa shape index (κ3) is 5.65. The van der Waals surface area contributed by atoms with E-state index >= 15 is 0 Å². The van der Waals surface area contributed by atoms with E-state index in [1.165, 1.54) is 37.0 Å². The molecule has 0 atom stereocenters. The fraction of sp³-hybridized carbons (Fsp3) is 0. The van der Waals surface area contributed by atoms with Gasteiger partial charge in [-0.3, -0.25) is 0 Å². The second-order valence-corrected chi connectivity index (χ2v) is 15.1. The van der Waals surface area contributed by atoms with E-state index in [0.29, 0.717) is 17.5 Å². The Morgan fingerprint density at radius 3 is 1.68 bits per heavy atom. The first kappa shape index (κ1) is 32.2. The molecule has 0 radical (unpaired) electrons. The summed E-state index contributed by atoms with van der Waals surface area (Å²) in [5.74, 6) is 1.91. The molecule has 5 heteroatoms. The maximum atomic E-state index is 6.12. The third-order valence-electron chi connectivity index (χ3n) is 10.6. The van der Waals surface area contributed by atoms with Crippen molar-refractivity contribution >= 4 is 53.4 Å². The minimum atomic E-state index is 0.626. The summed E-state index contributed by atoms with van der Waals surface area (Å²) in [7, 11) is 0. The molecule has 11 aromatic rings. The van der Waals surface area contributed by atoms with Gasteiger partial charge in [0.2, 0.25) is 0 Å². The smallest absolute Gasteiger partial charge is 0.164 e. The van der Waals surface area contributed by atoms with Crippen LogP contribution in [0, 0.1) is 0 Å². The van der Waals surface area contributed by atoms with Gasteiger partial charge in [0.05, 0.1) is 0 Å². The molecule has 0 unspecified atom stereocenters. The van der Waals surface area contributed by atoms with E-state index in [4.69, 9.17) is 19.4 Å². The standard InChI is InChI=1S/C51H31N3OS/c1-3-11-32(12-4-1)33-21-23-34(24-22-33)37-26-28-46-43(31-37)48-41(18-10-20-47(48)56-46)51-53-49(35-13-5-2-6-14-35)52-50(54-51)39-16-9-15-36(29-39)38-25-27-45-42(30-38)40-17-7-8-19-44(40)55-45/h1-31H. The largest absolute Gasteiger partial charge is 0.456 e. The molecule has 0 aliphatic heterocycles. The number of rotatable bonds is 6. The Labute approximate surface area is 327 Å². The molecule has 0 saturated heterocycles. The number of hydrogen-bond acceptors (Lipinski definition) is 5. The quantitative estimate of drug-likeness (QED) is 0.171. The maximum Gasteiger partial charge on any atom is 0.164 e. The summed E-state index contributed by atoms with van der Waals surface area (Å²) in [6.07, 6.45) is 0. The molecule has 4 nitrogen and oxygen atoms in total. The van der Waals surface area contributed by atoms with E-state index in [-0.39, 0.29) is 0 Å². The predicted molar refractivity (Wildman–Crippen MR) is 233 cm³/mol. The van der Waals surface area contributed by atoms with Gasteiger partial charge in [0.1, 0.15) is 11.2 Å². The molecule has 0 saturated carbocycles. The highest BCUT2D eigenvalue weighted by Gasteiger charge is 2.18. The molecule has 56 heavy (non-hydrogen) atoms. The molecule has 0 N–H and O–H groups in total. The van der Waals surface area contributed by atoms with Gasteiger partial charge in [-0.05, 0) is 75.8 Å². The van der Waals surface area contributed by atoms with Crippen molar-refractivity contribution < 1.29 is 4.42 Å². The van der Waals surface area contributed by atoms with Gasteiger partial charge in [0, 0.05) is 47.6 Å². The molecule has 0 aliphatic carbocycles. The normalized spacial score (nSPS) is 11.6. The summed E-state index contributed by atoms with van der Waals surface area (Å²) in [6, 6.07) is 65.8. The predicted octanol–water partition coefficient (Wildman–Crippen LogP) is 14.1. The molecule has 3 aromatic heterocycles. The summed E-state index contributed by atoms with van der Waals surface area (Å²) in [6.45, 7) is 0. The number of benzene rings is 8. The first-order valence-electron chi connectivity index (χ1n) is 18.7. The molecule has 3 heterocycles. The van der Waals surface area contributed by atoms with Gasteiger partial charge >= 0.3 is 0 Å². The van der Waals surface area contributed by atoms with Gasteiger partial charge < -0.3 is 4.42 Å². The average Bonchev–Trinajstić information content (AvgIpc) is 3.85. The lowest BCUT2D eigenvalue weighted by molar-refractivity contribution is 0.669. The van der Waals surface area contributed by atoms with E-state index in [1.54, 1.807) is 11.3 Å². The Morgan fingerprint density at radius 2 is 0.857 bits per heavy atom. The Hall–Kier alpha value is -7.21. The lowest BCUT2D eigenvalue weighted by Gasteiger charge is -2.11. The lowest BCUT2D eigenvalue weighted by Crippen LogP contribution is -2.00. The van der Waals surface area contributed by atoms with Crippen LogP contribution in [0.15, 0.2) is 192 Å². The van der Waals surface area contributed by atoms with Gasteiger partial charge in [-0.15, -0.1) is 11.3 Å². The number of hydrogen-bond donors (Lipinski definition) is 0. The van der Waals surface area contributed by atoms with Crippen LogP contribution in [-0.2, 0) is 0 Å². The first-order chi connectivity index (χ1) is 27.7. The highest BCUT2D eigenvalue weighted by molar-refractivity contribution is 7.26. The molecule has 262 valence electrons. The monoisotopic (exact) mass is 733 g/mol. The number of aromatic nitrogens is 3. The van der Waals surface area contributed by atoms with E-state index < -0.39 is 0 Å². The highest BCUT2D eigenvalue weighted by Crippen LogP contribution is 2.42. The van der Waals surface area contributed by atoms with E-state index in [1.807, 2.05) is 30.3 Å². The number of thiophene rings is 1. The van der Waals surface area contributed by atoms with Crippen molar-refractivity contribution in [2.75, 3.05) is 0 Å². The second-order valence-electron chi connectivity index (χ2n) is 14.0. The number of fused-ring (bicyclic) bond motifs is 6. The Bertz CT molecular complexity index is 3240. The summed E-state index contributed by atoms with van der Waals surface area (Å²) in [5, 5.41) is 4.55. The Kier molecular flexibility index (Phi) is 7.64. The van der Waals surface area contributed by atoms with Crippen LogP contribution in [0.3, 0.4) is 0 Å². The highest BCUT2D eigenvalue weighted by atomic mass is 32.1. The molecule has 0 amide bonds. The SMILES string of the molecule is c1ccc(-c2ccc(-c3ccc4sc5cccc(-c6nc(-c7ccccc7)nc(-c7cccc(-c8ccc9oc%10ccccc%10c9c8)c7)n6)c5c4c3)cc2)cc1. The zero-order valence-corrected chi connectivity index (χ0v) is 30.9. The van der Waals surface area contributed by atoms with Crippen LogP contribution in [0.1, 0.15) is 0 Å². The van der Waals surface area contributed by atoms with E-state index in [2.05, 4.69) is 158 Å². The van der Waals surface area contributed by atoms with Gasteiger partial charge in [-0.25, -0.2) is 15.0 Å². The summed E-state index contributed by atoms with van der Waals surface area (Å²) in [4.78, 5) is 15.5. The maximum absolute atomic E-state index is 6.12. The Balaban J connectivity index is 1.04. The molecule has 8 aromatic carbocycles. The van der Waals surface area contributed by atoms with E-state index in [9.17, 15) is 0 Å². The molecule has 0 aliphatic rings. The van der Waals surface area contributed by atoms with Crippen molar-refractivity contribution in [3.8, 4) is 67.5 Å². The average molecular weight is 734 g/mol. The van der Waals surface area contributed by atoms with Crippen LogP contribution in [0.5, 0.6) is 0 Å². The minimum absolute atomic E-state index is 0.626. The molecule has 0 spiro atoms. The summed E-state index contributed by atoms with van der Waals surface area (Å²) in [5.41, 5.74) is 11.6.